The molecule has 2 rings (SSSR count). The zero-order valence-electron chi connectivity index (χ0n) is 14.6. The molecule has 0 saturated carbocycles. The zero-order chi connectivity index (χ0) is 17.5. The lowest BCUT2D eigenvalue weighted by molar-refractivity contribution is -0.120. The first-order valence-electron chi connectivity index (χ1n) is 8.18. The Labute approximate surface area is 139 Å². The molecule has 1 fully saturated rings. The highest BCUT2D eigenvalue weighted by molar-refractivity contribution is 5.74. The number of aliphatic hydroxyl groups is 1. The number of alkyl halides is 1. The highest BCUT2D eigenvalue weighted by Gasteiger charge is 2.18. The Morgan fingerprint density at radius 2 is 2.00 bits per heavy atom. The number of benzene rings is 1. The molecule has 0 radical (unpaired) electrons. The third kappa shape index (κ3) is 10.8. The number of β-amino-alcohol motifs (C(OH)–C–C–N with tert-alkyl or cyclic N) is 1. The van der Waals surface area contributed by atoms with Gasteiger partial charge in [0, 0.05) is 26.6 Å². The highest BCUT2D eigenvalue weighted by Crippen LogP contribution is 2.10. The summed E-state index contributed by atoms with van der Waals surface area (Å²) in [5.41, 5.74) is 1.41. The summed E-state index contributed by atoms with van der Waals surface area (Å²) in [6.07, 6.45) is 3.79. The maximum absolute atomic E-state index is 10.1. The lowest BCUT2D eigenvalue weighted by Crippen LogP contribution is -2.23. The smallest absolute Gasteiger partial charge is 0.219 e. The summed E-state index contributed by atoms with van der Waals surface area (Å²) in [4.78, 5) is 12.4. The van der Waals surface area contributed by atoms with Crippen molar-refractivity contribution in [3.63, 3.8) is 0 Å². The van der Waals surface area contributed by atoms with E-state index in [0.717, 1.165) is 32.5 Å². The van der Waals surface area contributed by atoms with Crippen LogP contribution in [-0.4, -0.2) is 55.9 Å². The predicted molar refractivity (Wildman–Crippen MR) is 93.2 cm³/mol. The van der Waals surface area contributed by atoms with Gasteiger partial charge < -0.3 is 15.3 Å². The summed E-state index contributed by atoms with van der Waals surface area (Å²) >= 11 is 0. The first-order valence-corrected chi connectivity index (χ1v) is 8.18. The van der Waals surface area contributed by atoms with Gasteiger partial charge in [-0.3, -0.25) is 9.18 Å². The quantitative estimate of drug-likeness (QED) is 0.874. The van der Waals surface area contributed by atoms with Crippen molar-refractivity contribution in [2.75, 3.05) is 33.9 Å². The minimum absolute atomic E-state index is 0.0817. The van der Waals surface area contributed by atoms with Gasteiger partial charge in [-0.15, -0.1) is 0 Å². The van der Waals surface area contributed by atoms with Crippen LogP contribution in [-0.2, 0) is 11.2 Å². The average molecular weight is 326 g/mol. The van der Waals surface area contributed by atoms with Crippen molar-refractivity contribution in [2.24, 2.45) is 0 Å². The van der Waals surface area contributed by atoms with Gasteiger partial charge in [-0.2, -0.15) is 0 Å². The van der Waals surface area contributed by atoms with Gasteiger partial charge in [-0.05, 0) is 31.4 Å². The fourth-order valence-corrected chi connectivity index (χ4v) is 2.34. The van der Waals surface area contributed by atoms with Crippen molar-refractivity contribution >= 4 is 5.91 Å². The second kappa shape index (κ2) is 14.2. The number of hydrogen-bond donors (Lipinski definition) is 2. The fraction of sp³-hybridized carbons (Fsp3) is 0.611. The van der Waals surface area contributed by atoms with E-state index in [-0.39, 0.29) is 12.0 Å². The molecule has 2 N–H and O–H groups in total. The molecule has 5 heteroatoms. The topological polar surface area (TPSA) is 52.6 Å². The number of likely N-dealkylation sites (tertiary alicyclic amines) is 1. The summed E-state index contributed by atoms with van der Waals surface area (Å²) in [6, 6.07) is 10.6. The Morgan fingerprint density at radius 3 is 2.43 bits per heavy atom. The standard InChI is InChI=1S/C13H19NO.C4H9NO.CH3F/c15-13-8-10-14(11-13)9-4-7-12-5-2-1-3-6-12;1-3-4(6)5-2;1-2/h1-3,5-6,13,15H,4,7-11H2;3H2,1-2H3,(H,5,6);1H3. The first-order chi connectivity index (χ1) is 11.2. The maximum atomic E-state index is 10.1. The molecule has 0 aliphatic carbocycles. The van der Waals surface area contributed by atoms with Crippen molar-refractivity contribution < 1.29 is 14.3 Å². The lowest BCUT2D eigenvalue weighted by atomic mass is 10.1. The Bertz CT molecular complexity index is 395. The van der Waals surface area contributed by atoms with E-state index in [2.05, 4.69) is 40.5 Å². The molecule has 1 unspecified atom stereocenters. The number of carbonyl (C=O) groups excluding carboxylic acids is 1. The molecular formula is C18H31FN2O2. The fourth-order valence-electron chi connectivity index (χ4n) is 2.34. The number of rotatable bonds is 5. The van der Waals surface area contributed by atoms with Gasteiger partial charge in [-0.25, -0.2) is 0 Å². The molecule has 4 nitrogen and oxygen atoms in total. The SMILES string of the molecule is CCC(=O)NC.CF.OC1CCN(CCCc2ccccc2)C1. The van der Waals surface area contributed by atoms with Crippen LogP contribution in [0.3, 0.4) is 0 Å². The first kappa shape index (κ1) is 21.5. The van der Waals surface area contributed by atoms with Crippen LogP contribution in [0.5, 0.6) is 0 Å². The molecular weight excluding hydrogens is 295 g/mol. The van der Waals surface area contributed by atoms with Gasteiger partial charge in [0.05, 0.1) is 13.3 Å². The van der Waals surface area contributed by atoms with Crippen LogP contribution in [0.25, 0.3) is 0 Å². The number of halogens is 1. The summed E-state index contributed by atoms with van der Waals surface area (Å²) in [5, 5.41) is 11.8. The number of amides is 1. The van der Waals surface area contributed by atoms with Gasteiger partial charge >= 0.3 is 0 Å². The Balaban J connectivity index is 0.000000515. The molecule has 1 atom stereocenters. The molecule has 0 aromatic heterocycles. The van der Waals surface area contributed by atoms with Gasteiger partial charge in [-0.1, -0.05) is 37.3 Å². The van der Waals surface area contributed by atoms with Crippen molar-refractivity contribution in [3.8, 4) is 0 Å². The van der Waals surface area contributed by atoms with Crippen LogP contribution in [0, 0.1) is 0 Å². The Morgan fingerprint density at radius 1 is 1.35 bits per heavy atom. The maximum Gasteiger partial charge on any atom is 0.219 e. The van der Waals surface area contributed by atoms with Gasteiger partial charge in [0.25, 0.3) is 0 Å². The van der Waals surface area contributed by atoms with Crippen LogP contribution >= 0.6 is 0 Å². The van der Waals surface area contributed by atoms with E-state index in [0.29, 0.717) is 13.6 Å². The monoisotopic (exact) mass is 326 g/mol. The number of carbonyl (C=O) groups is 1. The van der Waals surface area contributed by atoms with E-state index in [1.807, 2.05) is 6.92 Å². The van der Waals surface area contributed by atoms with Gasteiger partial charge in [0.2, 0.25) is 5.91 Å². The molecule has 1 aliphatic heterocycles. The van der Waals surface area contributed by atoms with Crippen LogP contribution in [0.2, 0.25) is 0 Å². The van der Waals surface area contributed by atoms with Crippen molar-refractivity contribution in [2.45, 2.75) is 38.7 Å². The molecule has 1 aromatic carbocycles. The molecule has 0 bridgehead atoms. The van der Waals surface area contributed by atoms with Crippen LogP contribution in [0.15, 0.2) is 30.3 Å². The van der Waals surface area contributed by atoms with E-state index in [4.69, 9.17) is 0 Å². The predicted octanol–water partition coefficient (Wildman–Crippen LogP) is 2.41. The molecule has 1 aliphatic rings. The second-order valence-corrected chi connectivity index (χ2v) is 5.36. The van der Waals surface area contributed by atoms with Crippen molar-refractivity contribution in [1.82, 2.24) is 10.2 Å². The normalized spacial score (nSPS) is 16.7. The molecule has 1 saturated heterocycles. The third-order valence-corrected chi connectivity index (χ3v) is 3.63. The average Bonchev–Trinajstić information content (AvgIpc) is 3.03. The van der Waals surface area contributed by atoms with Gasteiger partial charge in [0.15, 0.2) is 0 Å². The minimum Gasteiger partial charge on any atom is -0.392 e. The molecule has 23 heavy (non-hydrogen) atoms. The summed E-state index contributed by atoms with van der Waals surface area (Å²) < 4.78 is 9.50. The van der Waals surface area contributed by atoms with Crippen molar-refractivity contribution in [1.29, 1.82) is 0 Å². The molecule has 1 heterocycles. The summed E-state index contributed by atoms with van der Waals surface area (Å²) in [7, 11) is 2.13. The number of hydrogen-bond acceptors (Lipinski definition) is 3. The van der Waals surface area contributed by atoms with E-state index in [1.54, 1.807) is 7.05 Å². The van der Waals surface area contributed by atoms with E-state index >= 15 is 0 Å². The van der Waals surface area contributed by atoms with Crippen LogP contribution in [0.4, 0.5) is 4.39 Å². The largest absolute Gasteiger partial charge is 0.392 e. The summed E-state index contributed by atoms with van der Waals surface area (Å²) in [6.45, 7) is 4.87. The van der Waals surface area contributed by atoms with E-state index in [9.17, 15) is 14.3 Å². The minimum atomic E-state index is -0.0817. The molecule has 0 spiro atoms. The second-order valence-electron chi connectivity index (χ2n) is 5.36. The molecule has 1 aromatic rings. The van der Waals surface area contributed by atoms with Crippen molar-refractivity contribution in [3.05, 3.63) is 35.9 Å². The lowest BCUT2D eigenvalue weighted by Gasteiger charge is -2.14. The number of aryl methyl sites for hydroxylation is 1. The van der Waals surface area contributed by atoms with E-state index in [1.165, 1.54) is 12.0 Å². The number of aliphatic hydroxyl groups excluding tert-OH is 1. The Hall–Kier alpha value is -1.46. The molecule has 132 valence electrons. The van der Waals surface area contributed by atoms with Gasteiger partial charge in [0.1, 0.15) is 0 Å². The van der Waals surface area contributed by atoms with Crippen LogP contribution < -0.4 is 5.32 Å². The highest BCUT2D eigenvalue weighted by atomic mass is 19.1. The zero-order valence-corrected chi connectivity index (χ0v) is 14.6. The third-order valence-electron chi connectivity index (χ3n) is 3.63. The number of nitrogens with one attached hydrogen (secondary N) is 1. The molecule has 1 amide bonds. The Kier molecular flexibility index (Phi) is 13.3. The summed E-state index contributed by atoms with van der Waals surface area (Å²) in [5.74, 6) is 0.0926. The van der Waals surface area contributed by atoms with E-state index < -0.39 is 0 Å². The van der Waals surface area contributed by atoms with Crippen LogP contribution in [0.1, 0.15) is 31.7 Å². The number of nitrogens with zero attached hydrogens (tertiary/aromatic N) is 1.